The van der Waals surface area contributed by atoms with E-state index in [1.165, 1.54) is 48.2 Å². The van der Waals surface area contributed by atoms with Crippen molar-refractivity contribution in [2.45, 2.75) is 65.8 Å². The number of terminal acetylenes is 1. The van der Waals surface area contributed by atoms with Crippen molar-refractivity contribution < 1.29 is 0 Å². The summed E-state index contributed by atoms with van der Waals surface area (Å²) in [6, 6.07) is 4.60. The van der Waals surface area contributed by atoms with Crippen molar-refractivity contribution in [1.29, 1.82) is 0 Å². The molecule has 0 saturated heterocycles. The first-order valence-corrected chi connectivity index (χ1v) is 9.32. The van der Waals surface area contributed by atoms with E-state index >= 15 is 0 Å². The maximum Gasteiger partial charge on any atom is 0.0793 e. The molecule has 3 rings (SSSR count). The summed E-state index contributed by atoms with van der Waals surface area (Å²) < 4.78 is 0. The first kappa shape index (κ1) is 17.2. The molecule has 1 N–H and O–H groups in total. The topological polar surface area (TPSA) is 15.3 Å². The minimum Gasteiger partial charge on any atom is -0.376 e. The van der Waals surface area contributed by atoms with Crippen LogP contribution in [0.2, 0.25) is 0 Å². The van der Waals surface area contributed by atoms with Gasteiger partial charge in [0.1, 0.15) is 0 Å². The molecule has 1 aliphatic carbocycles. The first-order chi connectivity index (χ1) is 11.2. The van der Waals surface area contributed by atoms with Gasteiger partial charge in [-0.1, -0.05) is 26.7 Å². The summed E-state index contributed by atoms with van der Waals surface area (Å²) in [4.78, 5) is 2.41. The third kappa shape index (κ3) is 3.14. The maximum absolute atomic E-state index is 5.67. The van der Waals surface area contributed by atoms with E-state index in [1.807, 2.05) is 0 Å². The molecular formula is C22H32N2. The smallest absolute Gasteiger partial charge is 0.0793 e. The summed E-state index contributed by atoms with van der Waals surface area (Å²) in [7, 11) is 0. The molecule has 0 bridgehead atoms. The molecule has 0 atom stereocenters. The summed E-state index contributed by atoms with van der Waals surface area (Å²) in [5.74, 6) is 3.69. The average Bonchev–Trinajstić information content (AvgIpc) is 2.49. The van der Waals surface area contributed by atoms with E-state index in [4.69, 9.17) is 6.42 Å². The molecule has 24 heavy (non-hydrogen) atoms. The van der Waals surface area contributed by atoms with E-state index in [9.17, 15) is 0 Å². The van der Waals surface area contributed by atoms with Crippen molar-refractivity contribution in [2.75, 3.05) is 23.3 Å². The lowest BCUT2D eigenvalue weighted by atomic mass is 9.66. The zero-order chi connectivity index (χ0) is 17.5. The number of aryl methyl sites for hydroxylation is 2. The molecule has 130 valence electrons. The van der Waals surface area contributed by atoms with Crippen LogP contribution in [0.15, 0.2) is 12.1 Å². The Kier molecular flexibility index (Phi) is 4.32. The molecule has 2 aliphatic rings. The lowest BCUT2D eigenvalue weighted by Crippen LogP contribution is -2.55. The molecule has 1 aromatic rings. The Bertz CT molecular complexity index is 652. The monoisotopic (exact) mass is 324 g/mol. The number of fused-ring (bicyclic) bond motifs is 1. The molecule has 0 amide bonds. The molecule has 1 aliphatic heterocycles. The van der Waals surface area contributed by atoms with Crippen LogP contribution in [-0.4, -0.2) is 18.6 Å². The van der Waals surface area contributed by atoms with Crippen LogP contribution in [0, 0.1) is 37.5 Å². The van der Waals surface area contributed by atoms with Crippen molar-refractivity contribution in [3.8, 4) is 12.3 Å². The Balaban J connectivity index is 1.88. The van der Waals surface area contributed by atoms with Gasteiger partial charge in [-0.15, -0.1) is 6.42 Å². The number of anilines is 2. The van der Waals surface area contributed by atoms with Crippen LogP contribution in [-0.2, 0) is 0 Å². The third-order valence-corrected chi connectivity index (χ3v) is 6.30. The Morgan fingerprint density at radius 3 is 2.42 bits per heavy atom. The summed E-state index contributed by atoms with van der Waals surface area (Å²) >= 11 is 0. The van der Waals surface area contributed by atoms with Gasteiger partial charge in [0, 0.05) is 6.54 Å². The van der Waals surface area contributed by atoms with Gasteiger partial charge in [0.05, 0.1) is 23.5 Å². The minimum atomic E-state index is 0.188. The highest BCUT2D eigenvalue weighted by Crippen LogP contribution is 2.46. The summed E-state index contributed by atoms with van der Waals surface area (Å²) in [6.07, 6.45) is 10.8. The fourth-order valence-electron chi connectivity index (χ4n) is 4.51. The number of hydrogen-bond donors (Lipinski definition) is 1. The van der Waals surface area contributed by atoms with Crippen molar-refractivity contribution in [2.24, 2.45) is 11.3 Å². The average molecular weight is 325 g/mol. The van der Waals surface area contributed by atoms with Crippen molar-refractivity contribution >= 4 is 11.4 Å². The molecule has 0 radical (unpaired) electrons. The van der Waals surface area contributed by atoms with Gasteiger partial charge in [-0.05, 0) is 74.1 Å². The molecule has 0 unspecified atom stereocenters. The molecule has 1 spiro atoms. The second-order valence-electron chi connectivity index (χ2n) is 9.06. The minimum absolute atomic E-state index is 0.188. The fraction of sp³-hybridized carbons (Fsp3) is 0.636. The quantitative estimate of drug-likeness (QED) is 0.719. The SMILES string of the molecule is C#CCN1CC2(CCC(C(C)(C)C)CC2)Nc2cc(C)c(C)cc21. The molecule has 0 aromatic heterocycles. The second kappa shape index (κ2) is 6.03. The van der Waals surface area contributed by atoms with Gasteiger partial charge < -0.3 is 10.2 Å². The first-order valence-electron chi connectivity index (χ1n) is 9.32. The summed E-state index contributed by atoms with van der Waals surface area (Å²) in [5, 5.41) is 3.93. The van der Waals surface area contributed by atoms with Gasteiger partial charge in [0.15, 0.2) is 0 Å². The Morgan fingerprint density at radius 1 is 1.21 bits per heavy atom. The van der Waals surface area contributed by atoms with E-state index < -0.39 is 0 Å². The van der Waals surface area contributed by atoms with Crippen molar-refractivity contribution in [1.82, 2.24) is 0 Å². The van der Waals surface area contributed by atoms with Crippen LogP contribution in [0.1, 0.15) is 57.6 Å². The maximum atomic E-state index is 5.67. The Hall–Kier alpha value is -1.62. The van der Waals surface area contributed by atoms with Crippen LogP contribution >= 0.6 is 0 Å². The van der Waals surface area contributed by atoms with Gasteiger partial charge >= 0.3 is 0 Å². The van der Waals surface area contributed by atoms with E-state index in [1.54, 1.807) is 0 Å². The Labute approximate surface area is 148 Å². The predicted octanol–water partition coefficient (Wildman–Crippen LogP) is 5.14. The van der Waals surface area contributed by atoms with Crippen LogP contribution in [0.25, 0.3) is 0 Å². The number of nitrogens with zero attached hydrogens (tertiary/aromatic N) is 1. The van der Waals surface area contributed by atoms with E-state index in [-0.39, 0.29) is 5.54 Å². The molecule has 2 heteroatoms. The largest absolute Gasteiger partial charge is 0.376 e. The predicted molar refractivity (Wildman–Crippen MR) is 105 cm³/mol. The molecule has 2 nitrogen and oxygen atoms in total. The highest BCUT2D eigenvalue weighted by molar-refractivity contribution is 5.76. The van der Waals surface area contributed by atoms with Crippen molar-refractivity contribution in [3.63, 3.8) is 0 Å². The fourth-order valence-corrected chi connectivity index (χ4v) is 4.51. The van der Waals surface area contributed by atoms with E-state index in [0.717, 1.165) is 12.5 Å². The number of benzene rings is 1. The third-order valence-electron chi connectivity index (χ3n) is 6.30. The highest BCUT2D eigenvalue weighted by atomic mass is 15.2. The van der Waals surface area contributed by atoms with Gasteiger partial charge in [-0.2, -0.15) is 0 Å². The number of rotatable bonds is 1. The van der Waals surface area contributed by atoms with Crippen molar-refractivity contribution in [3.05, 3.63) is 23.3 Å². The van der Waals surface area contributed by atoms with Gasteiger partial charge in [0.25, 0.3) is 0 Å². The zero-order valence-corrected chi connectivity index (χ0v) is 16.0. The van der Waals surface area contributed by atoms with Gasteiger partial charge in [0.2, 0.25) is 0 Å². The van der Waals surface area contributed by atoms with Gasteiger partial charge in [-0.3, -0.25) is 0 Å². The van der Waals surface area contributed by atoms with Crippen LogP contribution in [0.4, 0.5) is 11.4 Å². The summed E-state index contributed by atoms with van der Waals surface area (Å²) in [5.41, 5.74) is 5.84. The zero-order valence-electron chi connectivity index (χ0n) is 16.0. The van der Waals surface area contributed by atoms with Crippen LogP contribution < -0.4 is 10.2 Å². The molecule has 1 aromatic carbocycles. The number of hydrogen-bond acceptors (Lipinski definition) is 2. The lowest BCUT2D eigenvalue weighted by Gasteiger charge is -2.50. The molecule has 1 saturated carbocycles. The van der Waals surface area contributed by atoms with Crippen LogP contribution in [0.3, 0.4) is 0 Å². The van der Waals surface area contributed by atoms with Crippen LogP contribution in [0.5, 0.6) is 0 Å². The standard InChI is InChI=1S/C22H32N2/c1-7-12-24-15-22(10-8-18(9-11-22)21(4,5)6)23-19-13-16(2)17(3)14-20(19)24/h1,13-14,18,23H,8-12,15H2,2-6H3. The second-order valence-corrected chi connectivity index (χ2v) is 9.06. The van der Waals surface area contributed by atoms with Gasteiger partial charge in [-0.25, -0.2) is 0 Å². The number of nitrogens with one attached hydrogen (secondary N) is 1. The molecular weight excluding hydrogens is 292 g/mol. The Morgan fingerprint density at radius 2 is 1.83 bits per heavy atom. The lowest BCUT2D eigenvalue weighted by molar-refractivity contribution is 0.143. The summed E-state index contributed by atoms with van der Waals surface area (Å²) in [6.45, 7) is 13.3. The molecule has 1 fully saturated rings. The van der Waals surface area contributed by atoms with E-state index in [2.05, 4.69) is 62.9 Å². The molecule has 1 heterocycles. The normalized spacial score (nSPS) is 26.7. The highest BCUT2D eigenvalue weighted by Gasteiger charge is 2.42. The van der Waals surface area contributed by atoms with E-state index in [0.29, 0.717) is 12.0 Å².